The van der Waals surface area contributed by atoms with E-state index in [2.05, 4.69) is 0 Å². The number of ether oxygens (including phenoxy) is 1. The van der Waals surface area contributed by atoms with Gasteiger partial charge in [-0.3, -0.25) is 4.79 Å². The molecule has 0 radical (unpaired) electrons. The average Bonchev–Trinajstić information content (AvgIpc) is 2.72. The maximum absolute atomic E-state index is 11.0. The predicted molar refractivity (Wildman–Crippen MR) is 64.7 cm³/mol. The Morgan fingerprint density at radius 1 is 1.29 bits per heavy atom. The van der Waals surface area contributed by atoms with Crippen LogP contribution in [0.5, 0.6) is 0 Å². The van der Waals surface area contributed by atoms with E-state index in [9.17, 15) is 4.79 Å². The molecule has 2 saturated carbocycles. The van der Waals surface area contributed by atoms with Crippen LogP contribution in [0.2, 0.25) is 0 Å². The summed E-state index contributed by atoms with van der Waals surface area (Å²) in [6.07, 6.45) is 8.35. The predicted octanol–water partition coefficient (Wildman–Crippen LogP) is 1.92. The summed E-state index contributed by atoms with van der Waals surface area (Å²) in [5, 5.41) is 9.03. The Hall–Kier alpha value is -0.610. The van der Waals surface area contributed by atoms with Gasteiger partial charge in [0.15, 0.2) is 0 Å². The molecule has 98 valence electrons. The summed E-state index contributed by atoms with van der Waals surface area (Å²) >= 11 is 0. The van der Waals surface area contributed by atoms with Crippen molar-refractivity contribution in [2.45, 2.75) is 63.0 Å². The van der Waals surface area contributed by atoms with Gasteiger partial charge in [-0.05, 0) is 31.6 Å². The van der Waals surface area contributed by atoms with Crippen LogP contribution in [0.3, 0.4) is 0 Å². The summed E-state index contributed by atoms with van der Waals surface area (Å²) in [7, 11) is 0. The van der Waals surface area contributed by atoms with Crippen molar-refractivity contribution in [2.75, 3.05) is 6.61 Å². The number of hydrogen-bond acceptors (Lipinski definition) is 3. The lowest BCUT2D eigenvalue weighted by molar-refractivity contribution is -0.143. The Balaban J connectivity index is 1.72. The van der Waals surface area contributed by atoms with Crippen molar-refractivity contribution in [1.29, 1.82) is 0 Å². The molecular weight excluding hydrogens is 218 g/mol. The van der Waals surface area contributed by atoms with Crippen LogP contribution in [-0.2, 0) is 9.53 Å². The van der Waals surface area contributed by atoms with Crippen LogP contribution in [0.25, 0.3) is 0 Å². The minimum Gasteiger partial charge on any atom is -0.480 e. The second-order valence-electron chi connectivity index (χ2n) is 5.66. The zero-order chi connectivity index (χ0) is 12.3. The molecule has 0 aromatic heterocycles. The Morgan fingerprint density at radius 3 is 2.59 bits per heavy atom. The number of carbonyl (C=O) groups is 1. The molecule has 2 aliphatic carbocycles. The zero-order valence-corrected chi connectivity index (χ0v) is 10.4. The molecule has 0 bridgehead atoms. The van der Waals surface area contributed by atoms with Gasteiger partial charge in [0.2, 0.25) is 0 Å². The highest BCUT2D eigenvalue weighted by Crippen LogP contribution is 2.31. The number of carboxylic acid groups (broad SMARTS) is 1. The van der Waals surface area contributed by atoms with Crippen molar-refractivity contribution in [3.8, 4) is 0 Å². The van der Waals surface area contributed by atoms with E-state index in [0.29, 0.717) is 18.8 Å². The average molecular weight is 241 g/mol. The number of aliphatic carboxylic acids is 1. The van der Waals surface area contributed by atoms with E-state index < -0.39 is 11.5 Å². The second-order valence-corrected chi connectivity index (χ2v) is 5.66. The maximum atomic E-state index is 11.0. The number of hydrogen-bond donors (Lipinski definition) is 2. The lowest BCUT2D eigenvalue weighted by atomic mass is 9.90. The molecule has 0 aromatic carbocycles. The van der Waals surface area contributed by atoms with Crippen LogP contribution in [0.4, 0.5) is 0 Å². The summed E-state index contributed by atoms with van der Waals surface area (Å²) in [4.78, 5) is 11.0. The highest BCUT2D eigenvalue weighted by molar-refractivity contribution is 5.78. The molecule has 2 fully saturated rings. The van der Waals surface area contributed by atoms with Gasteiger partial charge in [0, 0.05) is 13.0 Å². The van der Waals surface area contributed by atoms with E-state index >= 15 is 0 Å². The van der Waals surface area contributed by atoms with Crippen LogP contribution in [0.15, 0.2) is 0 Å². The summed E-state index contributed by atoms with van der Waals surface area (Å²) in [5.41, 5.74) is 4.78. The lowest BCUT2D eigenvalue weighted by Gasteiger charge is -2.24. The Kier molecular flexibility index (Phi) is 4.05. The van der Waals surface area contributed by atoms with Gasteiger partial charge in [-0.2, -0.15) is 0 Å². The van der Waals surface area contributed by atoms with Crippen molar-refractivity contribution < 1.29 is 14.6 Å². The molecule has 2 rings (SSSR count). The van der Waals surface area contributed by atoms with E-state index in [4.69, 9.17) is 15.6 Å². The monoisotopic (exact) mass is 241 g/mol. The van der Waals surface area contributed by atoms with Crippen molar-refractivity contribution >= 4 is 5.97 Å². The first-order valence-electron chi connectivity index (χ1n) is 6.74. The van der Waals surface area contributed by atoms with Gasteiger partial charge in [-0.15, -0.1) is 0 Å². The summed E-state index contributed by atoms with van der Waals surface area (Å²) in [6, 6.07) is 0. The smallest absolute Gasteiger partial charge is 0.323 e. The Labute approximate surface area is 103 Å². The molecule has 0 heterocycles. The first-order valence-corrected chi connectivity index (χ1v) is 6.74. The molecule has 3 N–H and O–H groups in total. The van der Waals surface area contributed by atoms with Gasteiger partial charge >= 0.3 is 5.97 Å². The quantitative estimate of drug-likeness (QED) is 0.788. The molecule has 2 unspecified atom stereocenters. The largest absolute Gasteiger partial charge is 0.480 e. The van der Waals surface area contributed by atoms with Crippen LogP contribution in [0.1, 0.15) is 51.4 Å². The van der Waals surface area contributed by atoms with E-state index in [1.807, 2.05) is 0 Å². The Bertz CT molecular complexity index is 276. The fraction of sp³-hybridized carbons (Fsp3) is 0.923. The molecule has 2 atom stereocenters. The third kappa shape index (κ3) is 3.19. The minimum atomic E-state index is -1.04. The molecule has 0 aliphatic heterocycles. The molecular formula is C13H23NO3. The number of nitrogens with two attached hydrogens (primary N) is 1. The van der Waals surface area contributed by atoms with Gasteiger partial charge < -0.3 is 15.6 Å². The normalized spacial score (nSPS) is 35.0. The fourth-order valence-corrected chi connectivity index (χ4v) is 2.99. The van der Waals surface area contributed by atoms with Gasteiger partial charge in [0.05, 0.1) is 6.10 Å². The number of carboxylic acids is 1. The molecule has 0 aromatic rings. The maximum Gasteiger partial charge on any atom is 0.323 e. The fourth-order valence-electron chi connectivity index (χ4n) is 2.99. The van der Waals surface area contributed by atoms with E-state index in [1.165, 1.54) is 32.1 Å². The first-order chi connectivity index (χ1) is 8.10. The van der Waals surface area contributed by atoms with Crippen LogP contribution >= 0.6 is 0 Å². The van der Waals surface area contributed by atoms with Gasteiger partial charge in [0.1, 0.15) is 5.54 Å². The first kappa shape index (κ1) is 12.8. The summed E-state index contributed by atoms with van der Waals surface area (Å²) in [6.45, 7) is 0.792. The topological polar surface area (TPSA) is 72.6 Å². The SMILES string of the molecule is NC1(C(=O)O)CCC(OCC2CCCCC2)C1. The third-order valence-corrected chi connectivity index (χ3v) is 4.22. The van der Waals surface area contributed by atoms with Crippen molar-refractivity contribution in [3.63, 3.8) is 0 Å². The van der Waals surface area contributed by atoms with Crippen molar-refractivity contribution in [2.24, 2.45) is 11.7 Å². The van der Waals surface area contributed by atoms with Crippen LogP contribution in [0, 0.1) is 5.92 Å². The van der Waals surface area contributed by atoms with Crippen molar-refractivity contribution in [1.82, 2.24) is 0 Å². The minimum absolute atomic E-state index is 0.0537. The number of rotatable bonds is 4. The molecule has 4 heteroatoms. The van der Waals surface area contributed by atoms with Crippen molar-refractivity contribution in [3.05, 3.63) is 0 Å². The molecule has 0 spiro atoms. The molecule has 17 heavy (non-hydrogen) atoms. The second kappa shape index (κ2) is 5.36. The highest BCUT2D eigenvalue weighted by atomic mass is 16.5. The van der Waals surface area contributed by atoms with Crippen LogP contribution in [-0.4, -0.2) is 29.3 Å². The molecule has 0 amide bonds. The lowest BCUT2D eigenvalue weighted by Crippen LogP contribution is -2.46. The Morgan fingerprint density at radius 2 is 2.00 bits per heavy atom. The van der Waals surface area contributed by atoms with Gasteiger partial charge in [-0.1, -0.05) is 19.3 Å². The van der Waals surface area contributed by atoms with E-state index in [-0.39, 0.29) is 6.10 Å². The highest BCUT2D eigenvalue weighted by Gasteiger charge is 2.42. The zero-order valence-electron chi connectivity index (χ0n) is 10.4. The summed E-state index contributed by atoms with van der Waals surface area (Å²) < 4.78 is 5.84. The standard InChI is InChI=1S/C13H23NO3/c14-13(12(15)16)7-6-11(8-13)17-9-10-4-2-1-3-5-10/h10-11H,1-9,14H2,(H,15,16). The van der Waals surface area contributed by atoms with Gasteiger partial charge in [-0.25, -0.2) is 0 Å². The van der Waals surface area contributed by atoms with E-state index in [1.54, 1.807) is 0 Å². The summed E-state index contributed by atoms with van der Waals surface area (Å²) in [5.74, 6) is -0.206. The molecule has 2 aliphatic rings. The third-order valence-electron chi connectivity index (χ3n) is 4.22. The van der Waals surface area contributed by atoms with Gasteiger partial charge in [0.25, 0.3) is 0 Å². The molecule has 4 nitrogen and oxygen atoms in total. The molecule has 0 saturated heterocycles. The van der Waals surface area contributed by atoms with Crippen LogP contribution < -0.4 is 5.73 Å². The van der Waals surface area contributed by atoms with E-state index in [0.717, 1.165) is 13.0 Å².